The second-order valence-electron chi connectivity index (χ2n) is 4.32. The van der Waals surface area contributed by atoms with Crippen LogP contribution in [-0.2, 0) is 4.79 Å². The summed E-state index contributed by atoms with van der Waals surface area (Å²) >= 11 is 0. The van der Waals surface area contributed by atoms with Gasteiger partial charge < -0.3 is 22.0 Å². The zero-order chi connectivity index (χ0) is 14.3. The van der Waals surface area contributed by atoms with Crippen molar-refractivity contribution in [3.63, 3.8) is 0 Å². The van der Waals surface area contributed by atoms with Crippen molar-refractivity contribution in [1.29, 1.82) is 0 Å². The van der Waals surface area contributed by atoms with E-state index in [9.17, 15) is 9.59 Å². The van der Waals surface area contributed by atoms with Crippen molar-refractivity contribution in [2.24, 2.45) is 0 Å². The van der Waals surface area contributed by atoms with E-state index in [0.29, 0.717) is 17.7 Å². The van der Waals surface area contributed by atoms with Crippen molar-refractivity contribution >= 4 is 11.8 Å². The van der Waals surface area contributed by atoms with Gasteiger partial charge in [-0.3, -0.25) is 9.59 Å². The predicted octanol–water partition coefficient (Wildman–Crippen LogP) is -0.469. The van der Waals surface area contributed by atoms with Gasteiger partial charge in [-0.15, -0.1) is 0 Å². The number of carbonyl (C=O) groups excluding carboxylic acids is 2. The quantitative estimate of drug-likeness (QED) is 0.388. The number of esters is 1. The Morgan fingerprint density at radius 2 is 1.65 bits per heavy atom. The van der Waals surface area contributed by atoms with Crippen molar-refractivity contribution in [3.05, 3.63) is 29.8 Å². The van der Waals surface area contributed by atoms with E-state index in [2.05, 4.69) is 18.7 Å². The van der Waals surface area contributed by atoms with Crippen LogP contribution in [0.1, 0.15) is 37.6 Å². The molecule has 0 saturated heterocycles. The lowest BCUT2D eigenvalue weighted by molar-refractivity contribution is -0.131. The van der Waals surface area contributed by atoms with Gasteiger partial charge in [0.2, 0.25) is 0 Å². The summed E-state index contributed by atoms with van der Waals surface area (Å²) in [4.78, 5) is 25.0. The maximum Gasteiger partial charge on any atom is 0.308 e. The standard InChI is InChI=1S/C15H21NO3.ClH/c1-4-16(5-2)11-10-15(18)13-6-8-14(9-7-13)19-12(3)17;/h6-9H,4-5,10-11H2,1-3H3;1H/p-1. The molecule has 0 aromatic heterocycles. The van der Waals surface area contributed by atoms with E-state index in [0.717, 1.165) is 19.6 Å². The fourth-order valence-corrected chi connectivity index (χ4v) is 1.82. The minimum absolute atomic E-state index is 0. The lowest BCUT2D eigenvalue weighted by Crippen LogP contribution is -3.00. The third-order valence-corrected chi connectivity index (χ3v) is 2.99. The first kappa shape index (κ1) is 18.6. The predicted molar refractivity (Wildman–Crippen MR) is 74.5 cm³/mol. The molecule has 0 spiro atoms. The van der Waals surface area contributed by atoms with Crippen LogP contribution in [0.3, 0.4) is 0 Å². The molecule has 5 heteroatoms. The molecule has 0 unspecified atom stereocenters. The highest BCUT2D eigenvalue weighted by atomic mass is 35.5. The van der Waals surface area contributed by atoms with Gasteiger partial charge in [-0.05, 0) is 37.4 Å². The summed E-state index contributed by atoms with van der Waals surface area (Å²) in [5, 5.41) is 0. The molecule has 20 heavy (non-hydrogen) atoms. The van der Waals surface area contributed by atoms with E-state index >= 15 is 0 Å². The third-order valence-electron chi connectivity index (χ3n) is 2.99. The Morgan fingerprint density at radius 3 is 2.10 bits per heavy atom. The lowest BCUT2D eigenvalue weighted by Gasteiger charge is -2.17. The molecule has 0 amide bonds. The summed E-state index contributed by atoms with van der Waals surface area (Å²) in [5.41, 5.74) is 0.656. The van der Waals surface area contributed by atoms with Gasteiger partial charge in [0, 0.05) is 25.5 Å². The monoisotopic (exact) mass is 298 g/mol. The topological polar surface area (TPSA) is 46.6 Å². The Balaban J connectivity index is 0.00000361. The van der Waals surface area contributed by atoms with Gasteiger partial charge in [0.15, 0.2) is 5.78 Å². The smallest absolute Gasteiger partial charge is 0.308 e. The molecule has 0 heterocycles. The number of nitrogens with zero attached hydrogens (tertiary/aromatic N) is 1. The van der Waals surface area contributed by atoms with Crippen molar-refractivity contribution in [2.75, 3.05) is 19.6 Å². The molecule has 0 aliphatic carbocycles. The van der Waals surface area contributed by atoms with E-state index in [1.807, 2.05) is 0 Å². The molecule has 0 atom stereocenters. The lowest BCUT2D eigenvalue weighted by atomic mass is 10.1. The van der Waals surface area contributed by atoms with Crippen molar-refractivity contribution in [3.8, 4) is 5.75 Å². The van der Waals surface area contributed by atoms with Crippen LogP contribution in [-0.4, -0.2) is 36.3 Å². The molecule has 0 N–H and O–H groups in total. The number of ketones is 1. The van der Waals surface area contributed by atoms with Gasteiger partial charge in [-0.2, -0.15) is 0 Å². The summed E-state index contributed by atoms with van der Waals surface area (Å²) in [7, 11) is 0. The molecule has 4 nitrogen and oxygen atoms in total. The molecule has 1 aromatic carbocycles. The van der Waals surface area contributed by atoms with Crippen molar-refractivity contribution < 1.29 is 26.7 Å². The normalized spacial score (nSPS) is 10.0. The largest absolute Gasteiger partial charge is 1.00 e. The highest BCUT2D eigenvalue weighted by molar-refractivity contribution is 5.96. The molecule has 0 radical (unpaired) electrons. The van der Waals surface area contributed by atoms with Crippen LogP contribution >= 0.6 is 0 Å². The first-order valence-corrected chi connectivity index (χ1v) is 6.60. The van der Waals surface area contributed by atoms with Crippen LogP contribution in [0.2, 0.25) is 0 Å². The number of Topliss-reactive ketones (excluding diaryl/α,β-unsaturated/α-hetero) is 1. The molecule has 1 rings (SSSR count). The first-order valence-electron chi connectivity index (χ1n) is 6.60. The van der Waals surface area contributed by atoms with Crippen molar-refractivity contribution in [1.82, 2.24) is 4.90 Å². The fourth-order valence-electron chi connectivity index (χ4n) is 1.82. The van der Waals surface area contributed by atoms with Gasteiger partial charge in [0.1, 0.15) is 5.75 Å². The van der Waals surface area contributed by atoms with E-state index in [1.54, 1.807) is 24.3 Å². The molecular formula is C15H21ClNO3-. The maximum atomic E-state index is 12.0. The Kier molecular flexibility index (Phi) is 8.84. The summed E-state index contributed by atoms with van der Waals surface area (Å²) < 4.78 is 4.92. The Morgan fingerprint density at radius 1 is 1.10 bits per heavy atom. The van der Waals surface area contributed by atoms with Crippen LogP contribution in [0, 0.1) is 0 Å². The van der Waals surface area contributed by atoms with E-state index in [4.69, 9.17) is 4.74 Å². The summed E-state index contributed by atoms with van der Waals surface area (Å²) in [6.45, 7) is 8.20. The highest BCUT2D eigenvalue weighted by Gasteiger charge is 2.08. The minimum Gasteiger partial charge on any atom is -1.00 e. The molecule has 0 bridgehead atoms. The van der Waals surface area contributed by atoms with Crippen LogP contribution in [0.4, 0.5) is 0 Å². The van der Waals surface area contributed by atoms with E-state index < -0.39 is 0 Å². The number of hydrogen-bond donors (Lipinski definition) is 0. The average molecular weight is 299 g/mol. The van der Waals surface area contributed by atoms with Crippen LogP contribution < -0.4 is 17.1 Å². The SMILES string of the molecule is CCN(CC)CCC(=O)c1ccc(OC(C)=O)cc1.[Cl-]. The highest BCUT2D eigenvalue weighted by Crippen LogP contribution is 2.13. The number of benzene rings is 1. The molecule has 0 saturated carbocycles. The van der Waals surface area contributed by atoms with Gasteiger partial charge in [0.05, 0.1) is 0 Å². The van der Waals surface area contributed by atoms with Gasteiger partial charge >= 0.3 is 5.97 Å². The Hall–Kier alpha value is -1.39. The number of hydrogen-bond acceptors (Lipinski definition) is 4. The van der Waals surface area contributed by atoms with Crippen LogP contribution in [0.15, 0.2) is 24.3 Å². The zero-order valence-electron chi connectivity index (χ0n) is 12.2. The number of rotatable bonds is 7. The number of carbonyl (C=O) groups is 2. The Bertz CT molecular complexity index is 427. The molecule has 0 aliphatic rings. The first-order chi connectivity index (χ1) is 9.06. The number of halogens is 1. The second kappa shape index (κ2) is 9.50. The summed E-state index contributed by atoms with van der Waals surface area (Å²) in [6.07, 6.45) is 0.509. The molecule has 1 aromatic rings. The zero-order valence-corrected chi connectivity index (χ0v) is 12.9. The summed E-state index contributed by atoms with van der Waals surface area (Å²) in [5.74, 6) is 0.217. The van der Waals surface area contributed by atoms with Gasteiger partial charge in [-0.1, -0.05) is 13.8 Å². The fraction of sp³-hybridized carbons (Fsp3) is 0.467. The second-order valence-corrected chi connectivity index (χ2v) is 4.32. The average Bonchev–Trinajstić information content (AvgIpc) is 2.39. The van der Waals surface area contributed by atoms with E-state index in [1.165, 1.54) is 6.92 Å². The third kappa shape index (κ3) is 6.17. The van der Waals surface area contributed by atoms with E-state index in [-0.39, 0.29) is 24.2 Å². The molecular weight excluding hydrogens is 278 g/mol. The molecule has 0 fully saturated rings. The van der Waals surface area contributed by atoms with Crippen LogP contribution in [0.5, 0.6) is 5.75 Å². The molecule has 0 aliphatic heterocycles. The molecule has 112 valence electrons. The van der Waals surface area contributed by atoms with Gasteiger partial charge in [-0.25, -0.2) is 0 Å². The Labute approximate surface area is 126 Å². The minimum atomic E-state index is -0.361. The summed E-state index contributed by atoms with van der Waals surface area (Å²) in [6, 6.07) is 6.68. The van der Waals surface area contributed by atoms with Crippen molar-refractivity contribution in [2.45, 2.75) is 27.2 Å². The maximum absolute atomic E-state index is 12.0. The number of ether oxygens (including phenoxy) is 1. The van der Waals surface area contributed by atoms with Crippen LogP contribution in [0.25, 0.3) is 0 Å². The van der Waals surface area contributed by atoms with Gasteiger partial charge in [0.25, 0.3) is 0 Å².